The molecule has 3 rings (SSSR count). The summed E-state index contributed by atoms with van der Waals surface area (Å²) >= 11 is 6.36. The molecule has 0 atom stereocenters. The van der Waals surface area contributed by atoms with Crippen LogP contribution in [-0.2, 0) is 6.61 Å². The van der Waals surface area contributed by atoms with Crippen LogP contribution < -0.4 is 31.6 Å². The number of carbonyl (C=O) groups is 1. The Balaban J connectivity index is 1.89. The van der Waals surface area contributed by atoms with Crippen molar-refractivity contribution in [2.45, 2.75) is 13.5 Å². The van der Waals surface area contributed by atoms with E-state index in [0.29, 0.717) is 16.5 Å². The molecule has 2 amide bonds. The summed E-state index contributed by atoms with van der Waals surface area (Å²) in [4.78, 5) is 11.9. The largest absolute Gasteiger partial charge is 0.497 e. The Morgan fingerprint density at radius 1 is 1.10 bits per heavy atom. The number of methoxy groups -OCH3 is 1. The molecule has 8 heteroatoms. The zero-order valence-corrected chi connectivity index (χ0v) is 17.4. The third kappa shape index (κ3) is 4.65. The molecule has 0 aliphatic heterocycles. The van der Waals surface area contributed by atoms with Crippen LogP contribution in [0.2, 0.25) is 5.02 Å². The smallest absolute Gasteiger partial charge is 0.350 e. The van der Waals surface area contributed by atoms with E-state index in [0.717, 1.165) is 33.0 Å². The predicted molar refractivity (Wildman–Crippen MR) is 118 cm³/mol. The van der Waals surface area contributed by atoms with Gasteiger partial charge in [0.05, 0.1) is 17.8 Å². The number of benzene rings is 3. The van der Waals surface area contributed by atoms with Crippen LogP contribution in [0.15, 0.2) is 60.7 Å². The van der Waals surface area contributed by atoms with E-state index in [2.05, 4.69) is 0 Å². The molecule has 0 unspecified atom stereocenters. The van der Waals surface area contributed by atoms with E-state index in [1.165, 1.54) is 0 Å². The van der Waals surface area contributed by atoms with Gasteiger partial charge in [-0.05, 0) is 53.9 Å². The minimum absolute atomic E-state index is 0.162. The van der Waals surface area contributed by atoms with Gasteiger partial charge in [-0.2, -0.15) is 0 Å². The van der Waals surface area contributed by atoms with Crippen molar-refractivity contribution >= 4 is 23.3 Å². The van der Waals surface area contributed by atoms with Gasteiger partial charge in [-0.15, -0.1) is 0 Å². The van der Waals surface area contributed by atoms with E-state index in [1.807, 2.05) is 54.8 Å². The number of anilines is 1. The van der Waals surface area contributed by atoms with Gasteiger partial charge in [0.25, 0.3) is 0 Å². The summed E-state index contributed by atoms with van der Waals surface area (Å²) in [7, 11) is 1.63. The van der Waals surface area contributed by atoms with Gasteiger partial charge in [0, 0.05) is 5.56 Å². The number of hydrogen-bond acceptors (Lipinski definition) is 5. The molecule has 5 N–H and O–H groups in total. The van der Waals surface area contributed by atoms with Crippen molar-refractivity contribution in [1.82, 2.24) is 5.43 Å². The predicted octanol–water partition coefficient (Wildman–Crippen LogP) is 4.17. The van der Waals surface area contributed by atoms with Gasteiger partial charge in [0.1, 0.15) is 18.1 Å². The van der Waals surface area contributed by atoms with Gasteiger partial charge < -0.3 is 9.47 Å². The van der Waals surface area contributed by atoms with Crippen molar-refractivity contribution in [2.75, 3.05) is 12.1 Å². The third-order valence-corrected chi connectivity index (χ3v) is 5.01. The van der Waals surface area contributed by atoms with Crippen molar-refractivity contribution in [1.29, 1.82) is 0 Å². The summed E-state index contributed by atoms with van der Waals surface area (Å²) in [6.07, 6.45) is 0. The Morgan fingerprint density at radius 3 is 2.57 bits per heavy atom. The van der Waals surface area contributed by atoms with Crippen LogP contribution in [0.25, 0.3) is 11.1 Å². The Labute approximate surface area is 180 Å². The number of nitrogens with zero attached hydrogens (tertiary/aromatic N) is 1. The molecule has 0 saturated heterocycles. The maximum absolute atomic E-state index is 11.9. The van der Waals surface area contributed by atoms with E-state index in [1.54, 1.807) is 25.3 Å². The molecular weight excluding hydrogens is 404 g/mol. The second-order valence-corrected chi connectivity index (χ2v) is 6.97. The number of hydrogen-bond donors (Lipinski definition) is 3. The number of ether oxygens (including phenoxy) is 2. The number of carbonyl (C=O) groups excluding carboxylic acids is 1. The summed E-state index contributed by atoms with van der Waals surface area (Å²) in [5, 5.41) is 1.42. The Hall–Kier alpha value is -3.26. The first-order chi connectivity index (χ1) is 14.4. The number of hydrazine groups is 2. The molecule has 0 aromatic heterocycles. The fourth-order valence-electron chi connectivity index (χ4n) is 3.03. The average molecular weight is 427 g/mol. The van der Waals surface area contributed by atoms with Gasteiger partial charge in [-0.1, -0.05) is 41.9 Å². The standard InChI is InChI=1S/C22H23ClN4O3/c1-14-5-3-8-20(27(25)22(28)26-24)18(14)13-30-21-12-16(9-10-19(21)23)15-6-4-7-17(11-15)29-2/h3-12H,13,24-25H2,1-2H3,(H,26,28). The maximum Gasteiger partial charge on any atom is 0.350 e. The Kier molecular flexibility index (Phi) is 6.79. The number of amides is 2. The van der Waals surface area contributed by atoms with Crippen molar-refractivity contribution < 1.29 is 14.3 Å². The molecule has 7 nitrogen and oxygen atoms in total. The Bertz CT molecular complexity index is 1060. The SMILES string of the molecule is COc1cccc(-c2ccc(Cl)c(OCc3c(C)cccc3N(N)C(=O)NN)c2)c1. The van der Waals surface area contributed by atoms with Crippen LogP contribution >= 0.6 is 11.6 Å². The number of nitrogens with one attached hydrogen (secondary N) is 1. The summed E-state index contributed by atoms with van der Waals surface area (Å²) in [6.45, 7) is 2.07. The number of nitrogens with two attached hydrogens (primary N) is 2. The van der Waals surface area contributed by atoms with Gasteiger partial charge in [0.15, 0.2) is 0 Å². The lowest BCUT2D eigenvalue weighted by atomic mass is 10.0. The third-order valence-electron chi connectivity index (χ3n) is 4.69. The second kappa shape index (κ2) is 9.49. The van der Waals surface area contributed by atoms with Crippen molar-refractivity contribution in [3.05, 3.63) is 76.8 Å². The molecule has 0 spiro atoms. The van der Waals surface area contributed by atoms with Gasteiger partial charge in [-0.3, -0.25) is 5.43 Å². The van der Waals surface area contributed by atoms with Crippen molar-refractivity contribution in [2.24, 2.45) is 11.7 Å². The zero-order valence-electron chi connectivity index (χ0n) is 16.7. The van der Waals surface area contributed by atoms with Crippen LogP contribution in [0.4, 0.5) is 10.5 Å². The molecule has 0 fully saturated rings. The first-order valence-electron chi connectivity index (χ1n) is 9.15. The molecule has 0 aliphatic carbocycles. The van der Waals surface area contributed by atoms with Gasteiger partial charge >= 0.3 is 6.03 Å². The van der Waals surface area contributed by atoms with E-state index < -0.39 is 6.03 Å². The molecular formula is C22H23ClN4O3. The number of halogens is 1. The molecule has 0 saturated carbocycles. The zero-order chi connectivity index (χ0) is 21.7. The van der Waals surface area contributed by atoms with Crippen LogP contribution in [-0.4, -0.2) is 13.1 Å². The quantitative estimate of drug-likeness (QED) is 0.312. The number of aryl methyl sites for hydroxylation is 1. The van der Waals surface area contributed by atoms with Crippen LogP contribution in [0.5, 0.6) is 11.5 Å². The molecule has 0 heterocycles. The minimum atomic E-state index is -0.639. The first-order valence-corrected chi connectivity index (χ1v) is 9.53. The summed E-state index contributed by atoms with van der Waals surface area (Å²) in [6, 6.07) is 18.1. The molecule has 3 aromatic rings. The lowest BCUT2D eigenvalue weighted by molar-refractivity contribution is 0.246. The fourth-order valence-corrected chi connectivity index (χ4v) is 3.20. The van der Waals surface area contributed by atoms with Gasteiger partial charge in [0.2, 0.25) is 0 Å². The molecule has 0 bridgehead atoms. The van der Waals surface area contributed by atoms with Crippen molar-refractivity contribution in [3.8, 4) is 22.6 Å². The van der Waals surface area contributed by atoms with Gasteiger partial charge in [-0.25, -0.2) is 21.5 Å². The topological polar surface area (TPSA) is 103 Å². The minimum Gasteiger partial charge on any atom is -0.497 e. The first kappa shape index (κ1) is 21.4. The summed E-state index contributed by atoms with van der Waals surface area (Å²) in [5.74, 6) is 12.4. The fraction of sp³-hybridized carbons (Fsp3) is 0.136. The summed E-state index contributed by atoms with van der Waals surface area (Å²) in [5.41, 5.74) is 6.06. The highest BCUT2D eigenvalue weighted by molar-refractivity contribution is 6.32. The van der Waals surface area contributed by atoms with Crippen LogP contribution in [0, 0.1) is 6.92 Å². The highest BCUT2D eigenvalue weighted by atomic mass is 35.5. The van der Waals surface area contributed by atoms with E-state index in [-0.39, 0.29) is 6.61 Å². The lowest BCUT2D eigenvalue weighted by Crippen LogP contribution is -2.48. The molecule has 0 radical (unpaired) electrons. The molecule has 30 heavy (non-hydrogen) atoms. The van der Waals surface area contributed by atoms with E-state index in [9.17, 15) is 4.79 Å². The maximum atomic E-state index is 11.9. The summed E-state index contributed by atoms with van der Waals surface area (Å²) < 4.78 is 11.3. The normalized spacial score (nSPS) is 10.4. The highest BCUT2D eigenvalue weighted by Crippen LogP contribution is 2.33. The monoisotopic (exact) mass is 426 g/mol. The Morgan fingerprint density at radius 2 is 1.83 bits per heavy atom. The highest BCUT2D eigenvalue weighted by Gasteiger charge is 2.17. The lowest BCUT2D eigenvalue weighted by Gasteiger charge is -2.21. The number of urea groups is 1. The second-order valence-electron chi connectivity index (χ2n) is 6.56. The average Bonchev–Trinajstić information content (AvgIpc) is 2.78. The number of rotatable bonds is 6. The molecule has 0 aliphatic rings. The van der Waals surface area contributed by atoms with E-state index in [4.69, 9.17) is 32.8 Å². The molecule has 3 aromatic carbocycles. The van der Waals surface area contributed by atoms with Crippen molar-refractivity contribution in [3.63, 3.8) is 0 Å². The van der Waals surface area contributed by atoms with Crippen LogP contribution in [0.1, 0.15) is 11.1 Å². The van der Waals surface area contributed by atoms with Crippen LogP contribution in [0.3, 0.4) is 0 Å². The van der Waals surface area contributed by atoms with E-state index >= 15 is 0 Å². The molecule has 156 valence electrons.